The molecule has 2 heterocycles. The van der Waals surface area contributed by atoms with Gasteiger partial charge in [0.05, 0.1) is 0 Å². The molecule has 68 valence electrons. The molecule has 0 spiro atoms. The predicted octanol–water partition coefficient (Wildman–Crippen LogP) is 2.37. The lowest BCUT2D eigenvalue weighted by Gasteiger charge is -2.04. The Morgan fingerprint density at radius 3 is 3.15 bits per heavy atom. The number of nitrogens with one attached hydrogen (secondary N) is 1. The van der Waals surface area contributed by atoms with Crippen LogP contribution in [0.25, 0.3) is 5.57 Å². The van der Waals surface area contributed by atoms with Crippen molar-refractivity contribution in [3.05, 3.63) is 28.5 Å². The van der Waals surface area contributed by atoms with E-state index < -0.39 is 0 Å². The minimum Gasteiger partial charge on any atom is -0.316 e. The van der Waals surface area contributed by atoms with Gasteiger partial charge in [0.15, 0.2) is 0 Å². The van der Waals surface area contributed by atoms with E-state index in [1.807, 2.05) is 0 Å². The third-order valence-corrected chi connectivity index (χ3v) is 3.86. The van der Waals surface area contributed by atoms with E-state index in [-0.39, 0.29) is 0 Å². The molecule has 0 amide bonds. The van der Waals surface area contributed by atoms with E-state index in [0.717, 1.165) is 11.8 Å². The van der Waals surface area contributed by atoms with Crippen LogP contribution in [0.1, 0.15) is 12.0 Å². The maximum Gasteiger partial charge on any atom is 0.00178 e. The molecule has 1 nitrogen and oxygen atoms in total. The zero-order chi connectivity index (χ0) is 8.67. The SMILES string of the molecule is C1=C(c2ccsc2)CC2CNCC12. The molecule has 1 aliphatic heterocycles. The maximum absolute atomic E-state index is 3.45. The van der Waals surface area contributed by atoms with Gasteiger partial charge in [-0.2, -0.15) is 11.3 Å². The molecule has 2 unspecified atom stereocenters. The molecule has 0 aromatic carbocycles. The van der Waals surface area contributed by atoms with Gasteiger partial charge >= 0.3 is 0 Å². The number of hydrogen-bond donors (Lipinski definition) is 1. The van der Waals surface area contributed by atoms with Gasteiger partial charge in [-0.3, -0.25) is 0 Å². The molecule has 1 saturated heterocycles. The van der Waals surface area contributed by atoms with Gasteiger partial charge in [-0.25, -0.2) is 0 Å². The molecule has 1 aliphatic carbocycles. The summed E-state index contributed by atoms with van der Waals surface area (Å²) in [6, 6.07) is 2.24. The van der Waals surface area contributed by atoms with E-state index in [0.29, 0.717) is 0 Å². The van der Waals surface area contributed by atoms with Gasteiger partial charge in [0.25, 0.3) is 0 Å². The van der Waals surface area contributed by atoms with Gasteiger partial charge in [0.2, 0.25) is 0 Å². The molecule has 2 atom stereocenters. The Bertz CT molecular complexity index is 326. The maximum atomic E-state index is 3.45. The van der Waals surface area contributed by atoms with Gasteiger partial charge in [-0.05, 0) is 52.8 Å². The van der Waals surface area contributed by atoms with Gasteiger partial charge in [0, 0.05) is 6.54 Å². The van der Waals surface area contributed by atoms with Crippen LogP contribution >= 0.6 is 11.3 Å². The molecular formula is C11H13NS. The molecule has 1 N–H and O–H groups in total. The summed E-state index contributed by atoms with van der Waals surface area (Å²) >= 11 is 1.80. The Hall–Kier alpha value is -0.600. The Morgan fingerprint density at radius 1 is 1.38 bits per heavy atom. The fraction of sp³-hybridized carbons (Fsp3) is 0.455. The smallest absolute Gasteiger partial charge is 0.00178 e. The van der Waals surface area contributed by atoms with Crippen molar-refractivity contribution in [2.45, 2.75) is 6.42 Å². The number of thiophene rings is 1. The summed E-state index contributed by atoms with van der Waals surface area (Å²) in [7, 11) is 0. The molecule has 2 heteroatoms. The summed E-state index contributed by atoms with van der Waals surface area (Å²) in [5.74, 6) is 1.70. The van der Waals surface area contributed by atoms with Crippen LogP contribution in [0, 0.1) is 11.8 Å². The van der Waals surface area contributed by atoms with Crippen molar-refractivity contribution in [3.63, 3.8) is 0 Å². The Labute approximate surface area is 82.5 Å². The van der Waals surface area contributed by atoms with Gasteiger partial charge < -0.3 is 5.32 Å². The number of rotatable bonds is 1. The highest BCUT2D eigenvalue weighted by Crippen LogP contribution is 2.38. The van der Waals surface area contributed by atoms with Crippen molar-refractivity contribution < 1.29 is 0 Å². The van der Waals surface area contributed by atoms with Gasteiger partial charge in [0.1, 0.15) is 0 Å². The zero-order valence-corrected chi connectivity index (χ0v) is 8.31. The third kappa shape index (κ3) is 1.25. The molecular weight excluding hydrogens is 178 g/mol. The van der Waals surface area contributed by atoms with Crippen LogP contribution in [0.5, 0.6) is 0 Å². The van der Waals surface area contributed by atoms with E-state index in [1.54, 1.807) is 16.9 Å². The highest BCUT2D eigenvalue weighted by atomic mass is 32.1. The van der Waals surface area contributed by atoms with Crippen molar-refractivity contribution in [1.82, 2.24) is 5.32 Å². The van der Waals surface area contributed by atoms with Crippen LogP contribution in [0.4, 0.5) is 0 Å². The molecule has 1 fully saturated rings. The fourth-order valence-corrected chi connectivity index (χ4v) is 3.12. The number of fused-ring (bicyclic) bond motifs is 1. The Morgan fingerprint density at radius 2 is 2.38 bits per heavy atom. The minimum atomic E-state index is 0.815. The highest BCUT2D eigenvalue weighted by molar-refractivity contribution is 7.08. The van der Waals surface area contributed by atoms with Crippen molar-refractivity contribution in [1.29, 1.82) is 0 Å². The molecule has 3 rings (SSSR count). The van der Waals surface area contributed by atoms with Crippen LogP contribution in [0.2, 0.25) is 0 Å². The van der Waals surface area contributed by atoms with Gasteiger partial charge in [-0.1, -0.05) is 6.08 Å². The first-order valence-corrected chi connectivity index (χ1v) is 5.82. The summed E-state index contributed by atoms with van der Waals surface area (Å²) in [6.45, 7) is 2.41. The van der Waals surface area contributed by atoms with E-state index >= 15 is 0 Å². The number of hydrogen-bond acceptors (Lipinski definition) is 2. The normalized spacial score (nSPS) is 31.8. The second kappa shape index (κ2) is 2.96. The van der Waals surface area contributed by atoms with Crippen molar-refractivity contribution >= 4 is 16.9 Å². The zero-order valence-electron chi connectivity index (χ0n) is 7.49. The van der Waals surface area contributed by atoms with Crippen LogP contribution in [-0.4, -0.2) is 13.1 Å². The summed E-state index contributed by atoms with van der Waals surface area (Å²) in [5.41, 5.74) is 3.04. The lowest BCUT2D eigenvalue weighted by atomic mass is 9.99. The van der Waals surface area contributed by atoms with Crippen LogP contribution in [0.15, 0.2) is 22.9 Å². The predicted molar refractivity (Wildman–Crippen MR) is 56.8 cm³/mol. The first-order chi connectivity index (χ1) is 6.43. The summed E-state index contributed by atoms with van der Waals surface area (Å²) in [6.07, 6.45) is 3.76. The Kier molecular flexibility index (Phi) is 1.77. The van der Waals surface area contributed by atoms with Crippen LogP contribution in [-0.2, 0) is 0 Å². The lowest BCUT2D eigenvalue weighted by Crippen LogP contribution is -2.08. The second-order valence-electron chi connectivity index (χ2n) is 3.99. The van der Waals surface area contributed by atoms with E-state index in [2.05, 4.69) is 28.2 Å². The Balaban J connectivity index is 1.88. The minimum absolute atomic E-state index is 0.815. The average molecular weight is 191 g/mol. The fourth-order valence-electron chi connectivity index (χ4n) is 2.44. The second-order valence-corrected chi connectivity index (χ2v) is 4.77. The van der Waals surface area contributed by atoms with Crippen molar-refractivity contribution in [2.24, 2.45) is 11.8 Å². The van der Waals surface area contributed by atoms with E-state index in [1.165, 1.54) is 25.1 Å². The molecule has 1 aromatic rings. The monoisotopic (exact) mass is 191 g/mol. The van der Waals surface area contributed by atoms with Gasteiger partial charge in [-0.15, -0.1) is 0 Å². The van der Waals surface area contributed by atoms with E-state index in [9.17, 15) is 0 Å². The lowest BCUT2D eigenvalue weighted by molar-refractivity contribution is 0.536. The molecule has 1 aromatic heterocycles. The molecule has 0 bridgehead atoms. The summed E-state index contributed by atoms with van der Waals surface area (Å²) in [5, 5.41) is 7.88. The average Bonchev–Trinajstić information content (AvgIpc) is 2.78. The summed E-state index contributed by atoms with van der Waals surface area (Å²) in [4.78, 5) is 0. The molecule has 0 saturated carbocycles. The standard InChI is InChI=1S/C11H13NS/c1-2-13-7-8(1)9-3-10-5-12-6-11(10)4-9/h1-3,7,10-12H,4-6H2. The van der Waals surface area contributed by atoms with Crippen molar-refractivity contribution in [2.75, 3.05) is 13.1 Å². The molecule has 0 radical (unpaired) electrons. The highest BCUT2D eigenvalue weighted by Gasteiger charge is 2.31. The van der Waals surface area contributed by atoms with Crippen LogP contribution in [0.3, 0.4) is 0 Å². The quantitative estimate of drug-likeness (QED) is 0.718. The van der Waals surface area contributed by atoms with E-state index in [4.69, 9.17) is 0 Å². The van der Waals surface area contributed by atoms with Crippen LogP contribution < -0.4 is 5.32 Å². The molecule has 13 heavy (non-hydrogen) atoms. The topological polar surface area (TPSA) is 12.0 Å². The number of allylic oxidation sites excluding steroid dienone is 1. The third-order valence-electron chi connectivity index (χ3n) is 3.18. The summed E-state index contributed by atoms with van der Waals surface area (Å²) < 4.78 is 0. The molecule has 2 aliphatic rings. The first kappa shape index (κ1) is 7.77. The first-order valence-electron chi connectivity index (χ1n) is 4.87. The largest absolute Gasteiger partial charge is 0.316 e. The van der Waals surface area contributed by atoms with Crippen molar-refractivity contribution in [3.8, 4) is 0 Å².